The van der Waals surface area contributed by atoms with Gasteiger partial charge in [-0.3, -0.25) is 19.0 Å². The third kappa shape index (κ3) is 11.6. The van der Waals surface area contributed by atoms with Crippen LogP contribution >= 0.6 is 23.2 Å². The molecule has 0 radical (unpaired) electrons. The van der Waals surface area contributed by atoms with E-state index in [9.17, 15) is 9.59 Å². The molecule has 0 bridgehead atoms. The molecule has 20 heteroatoms. The van der Waals surface area contributed by atoms with Gasteiger partial charge in [0.1, 0.15) is 63.5 Å². The van der Waals surface area contributed by atoms with E-state index in [1.165, 1.54) is 0 Å². The lowest BCUT2D eigenvalue weighted by atomic mass is 10.1. The number of aromatic nitrogens is 10. The number of carbonyl (C=O) groups is 2. The third-order valence-electron chi connectivity index (χ3n) is 11.7. The molecule has 74 heavy (non-hydrogen) atoms. The van der Waals surface area contributed by atoms with E-state index in [0.29, 0.717) is 103 Å². The van der Waals surface area contributed by atoms with Crippen LogP contribution in [0.15, 0.2) is 110 Å². The zero-order valence-electron chi connectivity index (χ0n) is 42.5. The molecule has 380 valence electrons. The maximum Gasteiger partial charge on any atom is 0.255 e. The molecule has 0 fully saturated rings. The minimum Gasteiger partial charge on any atom is -0.457 e. The molecule has 6 heterocycles. The van der Waals surface area contributed by atoms with Crippen LogP contribution in [0.5, 0.6) is 23.0 Å². The van der Waals surface area contributed by atoms with Gasteiger partial charge in [-0.1, -0.05) is 55.0 Å². The minimum atomic E-state index is -1.22. The summed E-state index contributed by atoms with van der Waals surface area (Å²) in [6.45, 7) is 15.6. The second kappa shape index (κ2) is 21.4. The molecule has 17 nitrogen and oxygen atoms in total. The number of carbonyl (C=O) groups excluding carboxylic acids is 2. The molecular weight excluding hydrogens is 996 g/mol. The summed E-state index contributed by atoms with van der Waals surface area (Å²) in [4.78, 5) is 47.6. The smallest absolute Gasteiger partial charge is 0.255 e. The van der Waals surface area contributed by atoms with E-state index in [1.807, 2.05) is 107 Å². The summed E-state index contributed by atoms with van der Waals surface area (Å²) in [6.07, 6.45) is 6.74. The number of halogens is 2. The number of ether oxygens (including phenoxy) is 3. The zero-order valence-corrected chi connectivity index (χ0v) is 45.0. The zero-order chi connectivity index (χ0) is 52.4. The number of nitrogens with one attached hydrogen (secondary N) is 3. The van der Waals surface area contributed by atoms with Gasteiger partial charge < -0.3 is 34.4 Å². The maximum atomic E-state index is 13.2. The molecule has 6 aromatic heterocycles. The van der Waals surface area contributed by atoms with E-state index in [0.717, 1.165) is 27.8 Å². The fourth-order valence-corrected chi connectivity index (χ4v) is 9.28. The summed E-state index contributed by atoms with van der Waals surface area (Å²) in [5.74, 6) is 2.15. The second-order valence-electron chi connectivity index (χ2n) is 19.6. The fraction of sp³-hybridized carbons (Fsp3) is 0.259. The van der Waals surface area contributed by atoms with Gasteiger partial charge in [-0.15, -0.1) is 0 Å². The maximum absolute atomic E-state index is 13.2. The van der Waals surface area contributed by atoms with Crippen molar-refractivity contribution in [2.24, 2.45) is 14.1 Å². The van der Waals surface area contributed by atoms with Crippen molar-refractivity contribution in [3.63, 3.8) is 0 Å². The monoisotopic (exact) mass is 1050 g/mol. The first kappa shape index (κ1) is 51.3. The molecule has 2 amide bonds. The largest absolute Gasteiger partial charge is 0.457 e. The van der Waals surface area contributed by atoms with Gasteiger partial charge in [-0.05, 0) is 107 Å². The van der Waals surface area contributed by atoms with Crippen molar-refractivity contribution < 1.29 is 23.8 Å². The van der Waals surface area contributed by atoms with Gasteiger partial charge >= 0.3 is 0 Å². The highest BCUT2D eigenvalue weighted by Gasteiger charge is 2.23. The number of H-pyrrole nitrogens is 1. The Labute approximate surface area is 438 Å². The number of nitrogens with zero attached hydrogens (tertiary/aromatic N) is 9. The van der Waals surface area contributed by atoms with Gasteiger partial charge in [0, 0.05) is 74.1 Å². The SMILES string of the molecule is CC(C)NC(=O)c1c[nH]c2ncc(-c3nn(C)c4ccc(Oc5cccc(Cl)c5)cc34)nc12.CC(C)NC(=O)c1cn(COCC[Si](C)(C)C)c2ncc(-c3nn(C)c4ccc(Oc5cccc(Cl)c5)cc34)nc12. The first-order valence-electron chi connectivity index (χ1n) is 24.1. The Morgan fingerprint density at radius 3 is 1.72 bits per heavy atom. The van der Waals surface area contributed by atoms with Gasteiger partial charge in [-0.25, -0.2) is 19.9 Å². The number of amides is 2. The molecule has 0 aliphatic rings. The van der Waals surface area contributed by atoms with Gasteiger partial charge in [0.15, 0.2) is 11.3 Å². The lowest BCUT2D eigenvalue weighted by Crippen LogP contribution is -2.30. The predicted octanol–water partition coefficient (Wildman–Crippen LogP) is 12.0. The number of fused-ring (bicyclic) bond motifs is 4. The van der Waals surface area contributed by atoms with E-state index in [2.05, 4.69) is 45.3 Å². The molecule has 4 aromatic carbocycles. The Balaban J connectivity index is 0.000000186. The fourth-order valence-electron chi connectivity index (χ4n) is 8.16. The average Bonchev–Trinajstić information content (AvgIpc) is 4.11. The number of aryl methyl sites for hydroxylation is 2. The van der Waals surface area contributed by atoms with Gasteiger partial charge in [0.25, 0.3) is 11.8 Å². The Morgan fingerprint density at radius 1 is 0.676 bits per heavy atom. The average molecular weight is 1050 g/mol. The summed E-state index contributed by atoms with van der Waals surface area (Å²) in [5, 5.41) is 18.2. The molecule has 0 unspecified atom stereocenters. The third-order valence-corrected chi connectivity index (χ3v) is 13.9. The van der Waals surface area contributed by atoms with Crippen molar-refractivity contribution in [1.29, 1.82) is 0 Å². The molecule has 10 rings (SSSR count). The normalized spacial score (nSPS) is 11.7. The molecular formula is C54H56Cl2N12O5Si. The van der Waals surface area contributed by atoms with E-state index < -0.39 is 8.07 Å². The highest BCUT2D eigenvalue weighted by Crippen LogP contribution is 2.35. The Morgan fingerprint density at radius 2 is 1.19 bits per heavy atom. The van der Waals surface area contributed by atoms with Crippen LogP contribution in [0.1, 0.15) is 48.4 Å². The molecule has 0 aliphatic heterocycles. The highest BCUT2D eigenvalue weighted by molar-refractivity contribution is 6.76. The second-order valence-corrected chi connectivity index (χ2v) is 26.1. The van der Waals surface area contributed by atoms with Gasteiger partial charge in [0.05, 0.1) is 34.6 Å². The minimum absolute atomic E-state index is 0.0104. The van der Waals surface area contributed by atoms with Crippen molar-refractivity contribution in [2.75, 3.05) is 6.61 Å². The standard InChI is InChI=1S/C30H35ClN6O3Si.C24H21ClN6O2/c1-19(2)33-30(38)24-17-37(18-39-12-13-41(4,5)6)29-28(24)34-25(16-32-29)27-23-15-22(10-11-26(23)36(3)35-27)40-21-9-7-8-20(31)14-21;1-13(2)28-24(32)18-11-26-23-22(18)29-19(12-27-23)21-17-10-16(7-8-20(17)31(3)30-21)33-15-6-4-5-14(25)9-15/h7-11,14-17,19H,12-13,18H2,1-6H3,(H,33,38);4-13H,1-3H3,(H,26,27)(H,28,32). The van der Waals surface area contributed by atoms with Crippen molar-refractivity contribution in [1.82, 2.24) is 59.7 Å². The molecule has 0 atom stereocenters. The summed E-state index contributed by atoms with van der Waals surface area (Å²) in [6, 6.07) is 27.0. The summed E-state index contributed by atoms with van der Waals surface area (Å²) in [5.41, 5.74) is 7.24. The summed E-state index contributed by atoms with van der Waals surface area (Å²) in [7, 11) is 2.52. The lowest BCUT2D eigenvalue weighted by molar-refractivity contribution is 0.0890. The summed E-state index contributed by atoms with van der Waals surface area (Å²) >= 11 is 12.2. The summed E-state index contributed by atoms with van der Waals surface area (Å²) < 4.78 is 23.5. The molecule has 0 saturated heterocycles. The topological polar surface area (TPSA) is 194 Å². The molecule has 0 aliphatic carbocycles. The van der Waals surface area contributed by atoms with E-state index in [1.54, 1.807) is 58.4 Å². The van der Waals surface area contributed by atoms with Crippen molar-refractivity contribution >= 4 is 87.2 Å². The van der Waals surface area contributed by atoms with Crippen LogP contribution in [0.2, 0.25) is 35.7 Å². The highest BCUT2D eigenvalue weighted by atomic mass is 35.5. The Kier molecular flexibility index (Phi) is 14.9. The molecule has 0 saturated carbocycles. The first-order chi connectivity index (χ1) is 35.4. The van der Waals surface area contributed by atoms with Crippen LogP contribution in [0.4, 0.5) is 0 Å². The van der Waals surface area contributed by atoms with Gasteiger partial charge in [0.2, 0.25) is 0 Å². The Bertz CT molecular complexity index is 3710. The van der Waals surface area contributed by atoms with E-state index in [-0.39, 0.29) is 23.9 Å². The quantitative estimate of drug-likeness (QED) is 0.0653. The van der Waals surface area contributed by atoms with Crippen molar-refractivity contribution in [3.05, 3.63) is 131 Å². The lowest BCUT2D eigenvalue weighted by Gasteiger charge is -2.15. The Hall–Kier alpha value is -7.64. The van der Waals surface area contributed by atoms with Crippen molar-refractivity contribution in [2.45, 2.75) is 72.2 Å². The van der Waals surface area contributed by atoms with Crippen molar-refractivity contribution in [3.8, 4) is 45.8 Å². The number of aromatic amines is 1. The van der Waals surface area contributed by atoms with E-state index >= 15 is 0 Å². The van der Waals surface area contributed by atoms with Crippen LogP contribution in [-0.4, -0.2) is 87.6 Å². The predicted molar refractivity (Wildman–Crippen MR) is 293 cm³/mol. The van der Waals surface area contributed by atoms with Crippen LogP contribution in [-0.2, 0) is 25.6 Å². The molecule has 3 N–H and O–H groups in total. The number of rotatable bonds is 15. The molecule has 0 spiro atoms. The van der Waals surface area contributed by atoms with E-state index in [4.69, 9.17) is 57.5 Å². The van der Waals surface area contributed by atoms with Crippen LogP contribution in [0.25, 0.3) is 66.9 Å². The van der Waals surface area contributed by atoms with Crippen LogP contribution < -0.4 is 20.1 Å². The van der Waals surface area contributed by atoms with Gasteiger partial charge in [-0.2, -0.15) is 10.2 Å². The van der Waals surface area contributed by atoms with Crippen LogP contribution in [0, 0.1) is 0 Å². The van der Waals surface area contributed by atoms with Crippen LogP contribution in [0.3, 0.4) is 0 Å². The first-order valence-corrected chi connectivity index (χ1v) is 28.5. The number of hydrogen-bond acceptors (Lipinski definition) is 11. The number of benzene rings is 4. The molecule has 10 aromatic rings. The number of hydrogen-bond donors (Lipinski definition) is 3.